The summed E-state index contributed by atoms with van der Waals surface area (Å²) in [7, 11) is 0. The Kier molecular flexibility index (Phi) is 6.11. The van der Waals surface area contributed by atoms with E-state index in [4.69, 9.17) is 4.74 Å². The molecule has 0 spiro atoms. The second-order valence-electron chi connectivity index (χ2n) is 10.5. The lowest BCUT2D eigenvalue weighted by atomic mass is 9.79. The molecule has 2 aliphatic carbocycles. The number of para-hydroxylation sites is 1. The average Bonchev–Trinajstić information content (AvgIpc) is 3.40. The molecule has 0 aliphatic heterocycles. The Morgan fingerprint density at radius 1 is 1.13 bits per heavy atom. The Hall–Kier alpha value is -3.50. The van der Waals surface area contributed by atoms with Crippen LogP contribution in [0.15, 0.2) is 48.9 Å². The molecular formula is C28H27F3N4O3. The van der Waals surface area contributed by atoms with Crippen LogP contribution in [0.3, 0.4) is 0 Å². The fraction of sp³-hybridized carbons (Fsp3) is 0.393. The van der Waals surface area contributed by atoms with Crippen molar-refractivity contribution in [2.75, 3.05) is 0 Å². The first-order valence-electron chi connectivity index (χ1n) is 12.7. The van der Waals surface area contributed by atoms with E-state index in [0.717, 1.165) is 12.8 Å². The quantitative estimate of drug-likeness (QED) is 0.358. The summed E-state index contributed by atoms with van der Waals surface area (Å²) in [5.74, 6) is -0.151. The first kappa shape index (κ1) is 24.8. The molecule has 38 heavy (non-hydrogen) atoms. The van der Waals surface area contributed by atoms with E-state index in [9.17, 15) is 19.0 Å². The molecule has 1 saturated carbocycles. The summed E-state index contributed by atoms with van der Waals surface area (Å²) in [6.45, 7) is -1.15. The van der Waals surface area contributed by atoms with Gasteiger partial charge in [0, 0.05) is 53.2 Å². The molecule has 3 heterocycles. The molecule has 2 aliphatic rings. The van der Waals surface area contributed by atoms with Gasteiger partial charge in [-0.25, -0.2) is 19.3 Å². The number of aliphatic hydroxyl groups is 2. The summed E-state index contributed by atoms with van der Waals surface area (Å²) in [4.78, 5) is 13.5. The molecule has 2 N–H and O–H groups in total. The first-order chi connectivity index (χ1) is 18.2. The van der Waals surface area contributed by atoms with Gasteiger partial charge in [0.25, 0.3) is 0 Å². The van der Waals surface area contributed by atoms with E-state index >= 15 is 4.39 Å². The third-order valence-corrected chi connectivity index (χ3v) is 7.80. The van der Waals surface area contributed by atoms with Gasteiger partial charge < -0.3 is 19.4 Å². The molecule has 0 unspecified atom stereocenters. The smallest absolute Gasteiger partial charge is 0.387 e. The SMILES string of the molecule is C[C@]1(O)CC[C@H](c2ncc(-c3cn4c5c(nc4cc3F)[C@H](O)C[C@@H]5c3ccccc3OC(F)F)cn2)CC1. The Morgan fingerprint density at radius 3 is 2.55 bits per heavy atom. The number of pyridine rings is 1. The van der Waals surface area contributed by atoms with E-state index < -0.39 is 30.1 Å². The van der Waals surface area contributed by atoms with Gasteiger partial charge in [-0.1, -0.05) is 18.2 Å². The number of alkyl halides is 2. The number of ether oxygens (including phenoxy) is 1. The van der Waals surface area contributed by atoms with Crippen LogP contribution in [-0.4, -0.2) is 41.8 Å². The normalized spacial score (nSPS) is 25.2. The van der Waals surface area contributed by atoms with Crippen molar-refractivity contribution in [3.8, 4) is 16.9 Å². The van der Waals surface area contributed by atoms with Crippen LogP contribution in [0.4, 0.5) is 13.2 Å². The van der Waals surface area contributed by atoms with Gasteiger partial charge in [-0.2, -0.15) is 8.78 Å². The number of imidazole rings is 1. The van der Waals surface area contributed by atoms with Crippen LogP contribution in [0.2, 0.25) is 0 Å². The standard InChI is InChI=1S/C28H27F3N4O3/c1-28(37)8-6-15(7-9-28)26-32-12-16(13-33-26)19-14-35-23(11-20(19)29)34-24-21(36)10-18(25(24)35)17-4-2-3-5-22(17)38-27(30)31/h2-5,11-15,18,21,27,36-37H,6-10H2,1H3/t15-,18-,21-,28-/m1/s1. The van der Waals surface area contributed by atoms with Crippen LogP contribution in [0, 0.1) is 5.82 Å². The number of halogens is 3. The highest BCUT2D eigenvalue weighted by molar-refractivity contribution is 5.65. The Balaban J connectivity index is 1.37. The minimum Gasteiger partial charge on any atom is -0.435 e. The average molecular weight is 525 g/mol. The summed E-state index contributed by atoms with van der Waals surface area (Å²) in [6, 6.07) is 7.77. The summed E-state index contributed by atoms with van der Waals surface area (Å²) >= 11 is 0. The fourth-order valence-corrected chi connectivity index (χ4v) is 5.78. The highest BCUT2D eigenvalue weighted by atomic mass is 19.3. The van der Waals surface area contributed by atoms with E-state index in [-0.39, 0.29) is 23.7 Å². The molecule has 0 radical (unpaired) electrons. The van der Waals surface area contributed by atoms with Crippen molar-refractivity contribution >= 4 is 5.65 Å². The van der Waals surface area contributed by atoms with Crippen molar-refractivity contribution in [1.29, 1.82) is 0 Å². The van der Waals surface area contributed by atoms with E-state index in [2.05, 4.69) is 15.0 Å². The number of hydrogen-bond acceptors (Lipinski definition) is 6. The van der Waals surface area contributed by atoms with Crippen molar-refractivity contribution < 1.29 is 28.1 Å². The highest BCUT2D eigenvalue weighted by Gasteiger charge is 2.38. The zero-order valence-electron chi connectivity index (χ0n) is 20.7. The van der Waals surface area contributed by atoms with Gasteiger partial charge in [-0.05, 0) is 45.1 Å². The molecular weight excluding hydrogens is 497 g/mol. The van der Waals surface area contributed by atoms with Gasteiger partial charge in [0.15, 0.2) is 0 Å². The van der Waals surface area contributed by atoms with Crippen molar-refractivity contribution in [3.63, 3.8) is 0 Å². The van der Waals surface area contributed by atoms with Gasteiger partial charge >= 0.3 is 6.61 Å². The number of aromatic nitrogens is 4. The van der Waals surface area contributed by atoms with Crippen LogP contribution >= 0.6 is 0 Å². The van der Waals surface area contributed by atoms with Crippen molar-refractivity contribution in [2.45, 2.75) is 69.2 Å². The number of hydrogen-bond donors (Lipinski definition) is 2. The minimum absolute atomic E-state index is 0.0260. The second-order valence-corrected chi connectivity index (χ2v) is 10.5. The number of fused-ring (bicyclic) bond motifs is 3. The van der Waals surface area contributed by atoms with E-state index in [0.29, 0.717) is 46.8 Å². The van der Waals surface area contributed by atoms with Crippen LogP contribution in [0.25, 0.3) is 16.8 Å². The largest absolute Gasteiger partial charge is 0.435 e. The van der Waals surface area contributed by atoms with Gasteiger partial charge in [-0.3, -0.25) is 0 Å². The van der Waals surface area contributed by atoms with E-state index in [1.54, 1.807) is 41.2 Å². The fourth-order valence-electron chi connectivity index (χ4n) is 5.78. The van der Waals surface area contributed by atoms with Crippen LogP contribution in [-0.2, 0) is 0 Å². The lowest BCUT2D eigenvalue weighted by molar-refractivity contribution is -0.0506. The summed E-state index contributed by atoms with van der Waals surface area (Å²) < 4.78 is 47.8. The number of rotatable bonds is 5. The Labute approximate surface area is 217 Å². The lowest BCUT2D eigenvalue weighted by Crippen LogP contribution is -2.30. The van der Waals surface area contributed by atoms with Crippen molar-refractivity contribution in [2.24, 2.45) is 0 Å². The van der Waals surface area contributed by atoms with Crippen LogP contribution in [0.5, 0.6) is 5.75 Å². The summed E-state index contributed by atoms with van der Waals surface area (Å²) in [5, 5.41) is 20.9. The predicted octanol–water partition coefficient (Wildman–Crippen LogP) is 5.51. The zero-order chi connectivity index (χ0) is 26.6. The molecule has 1 aromatic carbocycles. The first-order valence-corrected chi connectivity index (χ1v) is 12.7. The third-order valence-electron chi connectivity index (χ3n) is 7.80. The number of benzene rings is 1. The zero-order valence-corrected chi connectivity index (χ0v) is 20.7. The molecule has 7 nitrogen and oxygen atoms in total. The summed E-state index contributed by atoms with van der Waals surface area (Å²) in [6.07, 6.45) is 7.01. The maximum atomic E-state index is 15.2. The molecule has 2 atom stereocenters. The van der Waals surface area contributed by atoms with Crippen LogP contribution < -0.4 is 4.74 Å². The van der Waals surface area contributed by atoms with Crippen molar-refractivity contribution in [1.82, 2.24) is 19.4 Å². The lowest BCUT2D eigenvalue weighted by Gasteiger charge is -2.32. The Bertz CT molecular complexity index is 1480. The maximum absolute atomic E-state index is 15.2. The molecule has 4 aromatic rings. The second kappa shape index (κ2) is 9.36. The molecule has 10 heteroatoms. The molecule has 3 aromatic heterocycles. The predicted molar refractivity (Wildman–Crippen MR) is 133 cm³/mol. The van der Waals surface area contributed by atoms with E-state index in [1.165, 1.54) is 12.1 Å². The number of aliphatic hydroxyl groups excluding tert-OH is 1. The minimum atomic E-state index is -2.99. The van der Waals surface area contributed by atoms with Gasteiger partial charge in [0.2, 0.25) is 0 Å². The highest BCUT2D eigenvalue weighted by Crippen LogP contribution is 2.47. The van der Waals surface area contributed by atoms with Gasteiger partial charge in [-0.15, -0.1) is 0 Å². The maximum Gasteiger partial charge on any atom is 0.387 e. The van der Waals surface area contributed by atoms with Gasteiger partial charge in [0.1, 0.15) is 23.0 Å². The summed E-state index contributed by atoms with van der Waals surface area (Å²) in [5.41, 5.74) is 1.88. The molecule has 1 fully saturated rings. The topological polar surface area (TPSA) is 92.8 Å². The molecule has 0 amide bonds. The van der Waals surface area contributed by atoms with Crippen molar-refractivity contribution in [3.05, 3.63) is 77.5 Å². The van der Waals surface area contributed by atoms with Gasteiger partial charge in [0.05, 0.1) is 23.1 Å². The van der Waals surface area contributed by atoms with E-state index in [1.807, 2.05) is 6.92 Å². The number of nitrogens with zero attached hydrogens (tertiary/aromatic N) is 4. The van der Waals surface area contributed by atoms with Crippen LogP contribution in [0.1, 0.15) is 79.7 Å². The molecule has 198 valence electrons. The Morgan fingerprint density at radius 2 is 1.84 bits per heavy atom. The molecule has 0 bridgehead atoms. The monoisotopic (exact) mass is 524 g/mol. The third kappa shape index (κ3) is 4.41. The molecule has 6 rings (SSSR count). The molecule has 0 saturated heterocycles.